The Morgan fingerprint density at radius 1 is 1.08 bits per heavy atom. The van der Waals surface area contributed by atoms with Gasteiger partial charge in [0.2, 0.25) is 5.91 Å². The Kier molecular flexibility index (Phi) is 5.15. The molecule has 0 spiro atoms. The van der Waals surface area contributed by atoms with Gasteiger partial charge in [0.25, 0.3) is 0 Å². The SMILES string of the molecule is O=C([C@@H](c1ccccc1)N1CCC[C@@H]1c1cccs1)N1CCOCC1. The van der Waals surface area contributed by atoms with Gasteiger partial charge in [-0.3, -0.25) is 9.69 Å². The van der Waals surface area contributed by atoms with Crippen molar-refractivity contribution in [2.24, 2.45) is 0 Å². The quantitative estimate of drug-likeness (QED) is 0.841. The van der Waals surface area contributed by atoms with Crippen molar-refractivity contribution in [1.29, 1.82) is 0 Å². The van der Waals surface area contributed by atoms with Crippen molar-refractivity contribution in [2.75, 3.05) is 32.8 Å². The van der Waals surface area contributed by atoms with E-state index in [2.05, 4.69) is 34.5 Å². The summed E-state index contributed by atoms with van der Waals surface area (Å²) in [5.41, 5.74) is 1.10. The van der Waals surface area contributed by atoms with Gasteiger partial charge in [0, 0.05) is 24.0 Å². The molecule has 4 rings (SSSR count). The molecule has 4 nitrogen and oxygen atoms in total. The Bertz CT molecular complexity index is 683. The molecule has 2 aliphatic heterocycles. The summed E-state index contributed by atoms with van der Waals surface area (Å²) in [5.74, 6) is 0.220. The Hall–Kier alpha value is -1.69. The van der Waals surface area contributed by atoms with Crippen LogP contribution in [0.4, 0.5) is 0 Å². The van der Waals surface area contributed by atoms with Gasteiger partial charge < -0.3 is 9.64 Å². The molecule has 2 aliphatic rings. The van der Waals surface area contributed by atoms with E-state index in [9.17, 15) is 4.79 Å². The van der Waals surface area contributed by atoms with E-state index in [0.29, 0.717) is 32.3 Å². The van der Waals surface area contributed by atoms with E-state index >= 15 is 0 Å². The summed E-state index contributed by atoms with van der Waals surface area (Å²) < 4.78 is 5.44. The van der Waals surface area contributed by atoms with E-state index < -0.39 is 0 Å². The number of benzene rings is 1. The Balaban J connectivity index is 1.66. The topological polar surface area (TPSA) is 32.8 Å². The molecular formula is C20H24N2O2S. The number of rotatable bonds is 4. The molecule has 0 bridgehead atoms. The maximum Gasteiger partial charge on any atom is 0.244 e. The smallest absolute Gasteiger partial charge is 0.244 e. The Morgan fingerprint density at radius 3 is 2.60 bits per heavy atom. The van der Waals surface area contributed by atoms with Crippen molar-refractivity contribution in [3.8, 4) is 0 Å². The number of likely N-dealkylation sites (tertiary alicyclic amines) is 1. The predicted molar refractivity (Wildman–Crippen MR) is 99.6 cm³/mol. The molecule has 0 N–H and O–H groups in total. The number of hydrogen-bond donors (Lipinski definition) is 0. The first-order valence-corrected chi connectivity index (χ1v) is 9.93. The molecule has 25 heavy (non-hydrogen) atoms. The number of carbonyl (C=O) groups excluding carboxylic acids is 1. The van der Waals surface area contributed by atoms with Crippen molar-refractivity contribution in [3.63, 3.8) is 0 Å². The van der Waals surface area contributed by atoms with E-state index in [1.54, 1.807) is 11.3 Å². The standard InChI is InChI=1S/C20H24N2O2S/c23-20(21-11-13-24-14-12-21)19(16-6-2-1-3-7-16)22-10-4-8-17(22)18-9-5-15-25-18/h1-3,5-7,9,15,17,19H,4,8,10-14H2/t17-,19-/m1/s1. The second kappa shape index (κ2) is 7.68. The Morgan fingerprint density at radius 2 is 1.88 bits per heavy atom. The highest BCUT2D eigenvalue weighted by Gasteiger charge is 2.39. The van der Waals surface area contributed by atoms with Crippen LogP contribution in [0.2, 0.25) is 0 Å². The fraction of sp³-hybridized carbons (Fsp3) is 0.450. The molecule has 5 heteroatoms. The molecule has 0 saturated carbocycles. The normalized spacial score (nSPS) is 22.9. The monoisotopic (exact) mass is 356 g/mol. The van der Waals surface area contributed by atoms with Crippen LogP contribution in [0, 0.1) is 0 Å². The fourth-order valence-electron chi connectivity index (χ4n) is 3.95. The van der Waals surface area contributed by atoms with Crippen LogP contribution in [0.5, 0.6) is 0 Å². The predicted octanol–water partition coefficient (Wildman–Crippen LogP) is 3.49. The van der Waals surface area contributed by atoms with Crippen LogP contribution in [0.25, 0.3) is 0 Å². The van der Waals surface area contributed by atoms with E-state index in [0.717, 1.165) is 24.9 Å². The van der Waals surface area contributed by atoms with Gasteiger partial charge >= 0.3 is 0 Å². The third-order valence-corrected chi connectivity index (χ3v) is 6.14. The molecular weight excluding hydrogens is 332 g/mol. The summed E-state index contributed by atoms with van der Waals surface area (Å²) in [5, 5.41) is 2.13. The second-order valence-corrected chi connectivity index (χ2v) is 7.64. The molecule has 1 amide bonds. The molecule has 132 valence electrons. The van der Waals surface area contributed by atoms with Crippen LogP contribution >= 0.6 is 11.3 Å². The van der Waals surface area contributed by atoms with Crippen molar-refractivity contribution in [1.82, 2.24) is 9.80 Å². The first-order chi connectivity index (χ1) is 12.3. The first-order valence-electron chi connectivity index (χ1n) is 9.05. The number of hydrogen-bond acceptors (Lipinski definition) is 4. The highest BCUT2D eigenvalue weighted by Crippen LogP contribution is 2.41. The van der Waals surface area contributed by atoms with Crippen LogP contribution in [-0.2, 0) is 9.53 Å². The van der Waals surface area contributed by atoms with Gasteiger partial charge in [0.1, 0.15) is 6.04 Å². The summed E-state index contributed by atoms with van der Waals surface area (Å²) in [6.07, 6.45) is 2.27. The molecule has 2 fully saturated rings. The van der Waals surface area contributed by atoms with E-state index in [1.807, 2.05) is 23.1 Å². The fourth-order valence-corrected chi connectivity index (χ4v) is 4.83. The van der Waals surface area contributed by atoms with Gasteiger partial charge in [-0.2, -0.15) is 0 Å². The van der Waals surface area contributed by atoms with Gasteiger partial charge in [-0.25, -0.2) is 0 Å². The van der Waals surface area contributed by atoms with Crippen molar-refractivity contribution in [3.05, 3.63) is 58.3 Å². The third-order valence-electron chi connectivity index (χ3n) is 5.17. The summed E-state index contributed by atoms with van der Waals surface area (Å²) >= 11 is 1.80. The molecule has 0 unspecified atom stereocenters. The van der Waals surface area contributed by atoms with Crippen LogP contribution < -0.4 is 0 Å². The highest BCUT2D eigenvalue weighted by molar-refractivity contribution is 7.10. The van der Waals surface area contributed by atoms with Gasteiger partial charge in [-0.05, 0) is 36.4 Å². The van der Waals surface area contributed by atoms with Gasteiger partial charge in [0.05, 0.1) is 13.2 Å². The lowest BCUT2D eigenvalue weighted by atomic mass is 10.0. The number of amides is 1. The molecule has 1 aromatic carbocycles. The minimum Gasteiger partial charge on any atom is -0.378 e. The molecule has 3 heterocycles. The summed E-state index contributed by atoms with van der Waals surface area (Å²) in [6.45, 7) is 3.64. The van der Waals surface area contributed by atoms with Gasteiger partial charge in [0.15, 0.2) is 0 Å². The minimum absolute atomic E-state index is 0.200. The Labute approximate surface area is 153 Å². The van der Waals surface area contributed by atoms with Gasteiger partial charge in [-0.15, -0.1) is 11.3 Å². The number of thiophene rings is 1. The maximum atomic E-state index is 13.4. The van der Waals surface area contributed by atoms with Crippen molar-refractivity contribution < 1.29 is 9.53 Å². The van der Waals surface area contributed by atoms with Crippen LogP contribution in [0.15, 0.2) is 47.8 Å². The zero-order valence-corrected chi connectivity index (χ0v) is 15.2. The molecule has 2 saturated heterocycles. The largest absolute Gasteiger partial charge is 0.378 e. The van der Waals surface area contributed by atoms with Crippen molar-refractivity contribution >= 4 is 17.2 Å². The lowest BCUT2D eigenvalue weighted by Crippen LogP contribution is -2.47. The lowest BCUT2D eigenvalue weighted by molar-refractivity contribution is -0.142. The third kappa shape index (κ3) is 3.50. The average Bonchev–Trinajstić information content (AvgIpc) is 3.35. The summed E-state index contributed by atoms with van der Waals surface area (Å²) in [6, 6.07) is 14.7. The van der Waals surface area contributed by atoms with Crippen molar-refractivity contribution in [2.45, 2.75) is 24.9 Å². The van der Waals surface area contributed by atoms with E-state index in [4.69, 9.17) is 4.74 Å². The van der Waals surface area contributed by atoms with Crippen LogP contribution in [-0.4, -0.2) is 48.6 Å². The number of ether oxygens (including phenoxy) is 1. The summed E-state index contributed by atoms with van der Waals surface area (Å²) in [4.78, 5) is 19.2. The highest BCUT2D eigenvalue weighted by atomic mass is 32.1. The molecule has 2 aromatic rings. The molecule has 1 aromatic heterocycles. The molecule has 0 radical (unpaired) electrons. The van der Waals surface area contributed by atoms with Crippen LogP contribution in [0.3, 0.4) is 0 Å². The van der Waals surface area contributed by atoms with E-state index in [-0.39, 0.29) is 11.9 Å². The average molecular weight is 356 g/mol. The van der Waals surface area contributed by atoms with E-state index in [1.165, 1.54) is 4.88 Å². The molecule has 2 atom stereocenters. The molecule has 0 aliphatic carbocycles. The zero-order chi connectivity index (χ0) is 17.1. The number of morpholine rings is 1. The number of carbonyl (C=O) groups is 1. The van der Waals surface area contributed by atoms with Crippen LogP contribution in [0.1, 0.15) is 35.4 Å². The zero-order valence-electron chi connectivity index (χ0n) is 14.3. The first kappa shape index (κ1) is 16.8. The maximum absolute atomic E-state index is 13.4. The van der Waals surface area contributed by atoms with Gasteiger partial charge in [-0.1, -0.05) is 36.4 Å². The number of nitrogens with zero attached hydrogens (tertiary/aromatic N) is 2. The minimum atomic E-state index is -0.200. The lowest BCUT2D eigenvalue weighted by Gasteiger charge is -2.37. The summed E-state index contributed by atoms with van der Waals surface area (Å²) in [7, 11) is 0. The second-order valence-electron chi connectivity index (χ2n) is 6.66.